The highest BCUT2D eigenvalue weighted by Gasteiger charge is 2.09. The smallest absolute Gasteiger partial charge is 0.233 e. The van der Waals surface area contributed by atoms with Crippen LogP contribution in [0.15, 0.2) is 0 Å². The molecule has 0 aromatic carbocycles. The van der Waals surface area contributed by atoms with Gasteiger partial charge >= 0.3 is 0 Å². The fourth-order valence-corrected chi connectivity index (χ4v) is 0.757. The summed E-state index contributed by atoms with van der Waals surface area (Å²) >= 11 is 0.971. The van der Waals surface area contributed by atoms with E-state index in [-0.39, 0.29) is 11.2 Å². The molecule has 0 radical (unpaired) electrons. The minimum atomic E-state index is -0.271. The Morgan fingerprint density at radius 3 is 2.27 bits per heavy atom. The number of thioether (sulfide) groups is 1. The van der Waals surface area contributed by atoms with Crippen LogP contribution in [0.3, 0.4) is 0 Å². The van der Waals surface area contributed by atoms with Gasteiger partial charge in [-0.2, -0.15) is 0 Å². The number of hydrogen-bond acceptors (Lipinski definition) is 3. The van der Waals surface area contributed by atoms with Crippen LogP contribution in [-0.2, 0) is 9.59 Å². The van der Waals surface area contributed by atoms with Gasteiger partial charge in [0, 0.05) is 7.05 Å². The van der Waals surface area contributed by atoms with Crippen molar-refractivity contribution >= 4 is 23.3 Å². The molecule has 1 atom stereocenters. The highest BCUT2D eigenvalue weighted by Crippen LogP contribution is 2.04. The second-order valence-corrected chi connectivity index (χ2v) is 2.66. The third-order valence-electron chi connectivity index (χ3n) is 0.875. The molecule has 0 aliphatic heterocycles. The molecule has 0 saturated carbocycles. The Kier molecular flexibility index (Phi) is 11.3. The van der Waals surface area contributed by atoms with E-state index in [0.29, 0.717) is 5.62 Å². The number of nitrogens with one attached hydrogen (secondary N) is 1. The molecule has 4 heteroatoms. The molecular formula is C7H15NO2S. The second-order valence-electron chi connectivity index (χ2n) is 1.49. The molecular weight excluding hydrogens is 162 g/mol. The van der Waals surface area contributed by atoms with Gasteiger partial charge in [-0.3, -0.25) is 9.59 Å². The number of hydrogen-bond donors (Lipinski definition) is 1. The standard InChI is InChI=1S/C5H9NO2S.C2H6/c1-4(9-3-7)5(8)6-2;1-2/h3-4H,1-2H3,(H,6,8);1-2H3. The van der Waals surface area contributed by atoms with Crippen molar-refractivity contribution in [1.82, 2.24) is 5.32 Å². The SMILES string of the molecule is CC.CNC(=O)C(C)SC=O. The fraction of sp³-hybridized carbons (Fsp3) is 0.714. The van der Waals surface area contributed by atoms with Crippen molar-refractivity contribution in [2.45, 2.75) is 26.0 Å². The molecule has 0 aromatic heterocycles. The molecule has 0 aliphatic carbocycles. The van der Waals surface area contributed by atoms with Gasteiger partial charge in [-0.1, -0.05) is 25.6 Å². The molecule has 0 spiro atoms. The fourth-order valence-electron chi connectivity index (χ4n) is 0.348. The summed E-state index contributed by atoms with van der Waals surface area (Å²) in [5, 5.41) is 2.16. The zero-order chi connectivity index (χ0) is 9.28. The van der Waals surface area contributed by atoms with Crippen LogP contribution in [0.25, 0.3) is 0 Å². The predicted octanol–water partition coefficient (Wildman–Crippen LogP) is 1.07. The van der Waals surface area contributed by atoms with E-state index in [2.05, 4.69) is 5.32 Å². The Labute approximate surface area is 71.9 Å². The third-order valence-corrected chi connectivity index (χ3v) is 1.61. The molecule has 0 heterocycles. The largest absolute Gasteiger partial charge is 0.358 e. The minimum absolute atomic E-state index is 0.118. The summed E-state index contributed by atoms with van der Waals surface area (Å²) in [7, 11) is 1.55. The first-order valence-electron chi connectivity index (χ1n) is 3.53. The van der Waals surface area contributed by atoms with Gasteiger partial charge in [0.1, 0.15) is 0 Å². The monoisotopic (exact) mass is 177 g/mol. The molecule has 0 aromatic rings. The van der Waals surface area contributed by atoms with Gasteiger partial charge in [0.15, 0.2) is 5.62 Å². The number of carbonyl (C=O) groups excluding carboxylic acids is 2. The molecule has 0 fully saturated rings. The molecule has 11 heavy (non-hydrogen) atoms. The zero-order valence-electron chi connectivity index (χ0n) is 7.38. The lowest BCUT2D eigenvalue weighted by atomic mass is 10.4. The Bertz CT molecular complexity index is 117. The van der Waals surface area contributed by atoms with Gasteiger partial charge < -0.3 is 5.32 Å². The van der Waals surface area contributed by atoms with Gasteiger partial charge in [-0.05, 0) is 6.92 Å². The molecule has 1 N–H and O–H groups in total. The maximum Gasteiger partial charge on any atom is 0.233 e. The molecule has 0 bridgehead atoms. The van der Waals surface area contributed by atoms with Crippen LogP contribution in [-0.4, -0.2) is 23.8 Å². The highest BCUT2D eigenvalue weighted by atomic mass is 32.2. The lowest BCUT2D eigenvalue weighted by Crippen LogP contribution is -2.27. The molecule has 66 valence electrons. The summed E-state index contributed by atoms with van der Waals surface area (Å²) in [5.41, 5.74) is 0.667. The predicted molar refractivity (Wildman–Crippen MR) is 49.2 cm³/mol. The van der Waals surface area contributed by atoms with E-state index in [1.807, 2.05) is 13.8 Å². The third kappa shape index (κ3) is 7.39. The second kappa shape index (κ2) is 9.49. The molecule has 3 nitrogen and oxygen atoms in total. The van der Waals surface area contributed by atoms with Crippen LogP contribution < -0.4 is 5.32 Å². The summed E-state index contributed by atoms with van der Waals surface area (Å²) < 4.78 is 0. The van der Waals surface area contributed by atoms with Gasteiger partial charge in [0.2, 0.25) is 5.91 Å². The minimum Gasteiger partial charge on any atom is -0.358 e. The van der Waals surface area contributed by atoms with Gasteiger partial charge in [0.25, 0.3) is 0 Å². The number of carbonyl (C=O) groups is 2. The Morgan fingerprint density at radius 2 is 2.00 bits per heavy atom. The average Bonchev–Trinajstić information content (AvgIpc) is 2.07. The van der Waals surface area contributed by atoms with Crippen molar-refractivity contribution in [3.63, 3.8) is 0 Å². The van der Waals surface area contributed by atoms with Crippen LogP contribution in [0.4, 0.5) is 0 Å². The average molecular weight is 177 g/mol. The quantitative estimate of drug-likeness (QED) is 0.656. The first-order chi connectivity index (χ1) is 5.22. The van der Waals surface area contributed by atoms with E-state index >= 15 is 0 Å². The van der Waals surface area contributed by atoms with Crippen molar-refractivity contribution in [3.8, 4) is 0 Å². The van der Waals surface area contributed by atoms with E-state index in [0.717, 1.165) is 11.8 Å². The molecule has 0 rings (SSSR count). The maximum absolute atomic E-state index is 10.6. The van der Waals surface area contributed by atoms with Crippen molar-refractivity contribution in [3.05, 3.63) is 0 Å². The number of amides is 1. The molecule has 0 saturated heterocycles. The van der Waals surface area contributed by atoms with E-state index in [1.54, 1.807) is 14.0 Å². The topological polar surface area (TPSA) is 46.2 Å². The van der Waals surface area contributed by atoms with E-state index in [1.165, 1.54) is 0 Å². The lowest BCUT2D eigenvalue weighted by molar-refractivity contribution is -0.119. The summed E-state index contributed by atoms with van der Waals surface area (Å²) in [6, 6.07) is 0. The van der Waals surface area contributed by atoms with Crippen molar-refractivity contribution < 1.29 is 9.59 Å². The lowest BCUT2D eigenvalue weighted by Gasteiger charge is -2.02. The molecule has 0 aliphatic rings. The zero-order valence-corrected chi connectivity index (χ0v) is 8.20. The Balaban J connectivity index is 0. The van der Waals surface area contributed by atoms with Gasteiger partial charge in [-0.25, -0.2) is 0 Å². The summed E-state index contributed by atoms with van der Waals surface area (Å²) in [6.07, 6.45) is 0. The van der Waals surface area contributed by atoms with E-state index in [4.69, 9.17) is 0 Å². The molecule has 1 amide bonds. The first kappa shape index (κ1) is 13.1. The van der Waals surface area contributed by atoms with Gasteiger partial charge in [0.05, 0.1) is 5.25 Å². The molecule has 1 unspecified atom stereocenters. The van der Waals surface area contributed by atoms with Crippen molar-refractivity contribution in [1.29, 1.82) is 0 Å². The van der Waals surface area contributed by atoms with Crippen molar-refractivity contribution in [2.75, 3.05) is 7.05 Å². The summed E-state index contributed by atoms with van der Waals surface area (Å²) in [4.78, 5) is 20.4. The van der Waals surface area contributed by atoms with E-state index < -0.39 is 0 Å². The first-order valence-corrected chi connectivity index (χ1v) is 4.47. The van der Waals surface area contributed by atoms with Gasteiger partial charge in [-0.15, -0.1) is 0 Å². The van der Waals surface area contributed by atoms with E-state index in [9.17, 15) is 9.59 Å². The number of rotatable bonds is 3. The van der Waals surface area contributed by atoms with Crippen LogP contribution in [0.5, 0.6) is 0 Å². The summed E-state index contributed by atoms with van der Waals surface area (Å²) in [6.45, 7) is 5.68. The van der Waals surface area contributed by atoms with Crippen LogP contribution in [0, 0.1) is 0 Å². The normalized spacial score (nSPS) is 10.5. The maximum atomic E-state index is 10.6. The van der Waals surface area contributed by atoms with Crippen LogP contribution in [0.1, 0.15) is 20.8 Å². The van der Waals surface area contributed by atoms with Crippen LogP contribution >= 0.6 is 11.8 Å². The Hall–Kier alpha value is -0.510. The van der Waals surface area contributed by atoms with Crippen LogP contribution in [0.2, 0.25) is 0 Å². The summed E-state index contributed by atoms with van der Waals surface area (Å²) in [5.74, 6) is -0.118. The van der Waals surface area contributed by atoms with Crippen molar-refractivity contribution in [2.24, 2.45) is 0 Å². The Morgan fingerprint density at radius 1 is 1.55 bits per heavy atom. The highest BCUT2D eigenvalue weighted by molar-refractivity contribution is 8.12.